The summed E-state index contributed by atoms with van der Waals surface area (Å²) in [4.78, 5) is 13.3. The van der Waals surface area contributed by atoms with E-state index in [1.807, 2.05) is 73.7 Å². The number of aryl methyl sites for hydroxylation is 2. The summed E-state index contributed by atoms with van der Waals surface area (Å²) in [5.74, 6) is -0.185. The lowest BCUT2D eigenvalue weighted by atomic mass is 10.0. The van der Waals surface area contributed by atoms with Crippen LogP contribution in [0.2, 0.25) is 0 Å². The van der Waals surface area contributed by atoms with Crippen molar-refractivity contribution in [1.29, 1.82) is 0 Å². The number of carbonyl (C=O) groups excluding carboxylic acids is 1. The Morgan fingerprint density at radius 2 is 1.71 bits per heavy atom. The first kappa shape index (κ1) is 17.9. The van der Waals surface area contributed by atoms with Crippen LogP contribution in [0.1, 0.15) is 28.4 Å². The third-order valence-corrected chi connectivity index (χ3v) is 4.81. The minimum Gasteiger partial charge on any atom is -0.322 e. The molecule has 0 radical (unpaired) electrons. The number of nitrogens with zero attached hydrogens (tertiary/aromatic N) is 2. The van der Waals surface area contributed by atoms with Crippen LogP contribution in [0.5, 0.6) is 0 Å². The number of nitrogens with one attached hydrogen (secondary N) is 1. The maximum Gasteiger partial charge on any atom is 0.258 e. The number of amides is 1. The molecule has 28 heavy (non-hydrogen) atoms. The lowest BCUT2D eigenvalue weighted by Gasteiger charge is -2.13. The monoisotopic (exact) mass is 367 g/mol. The molecule has 0 aliphatic heterocycles. The Kier molecular flexibility index (Phi) is 4.85. The SMILES string of the molecule is CCc1cccc(NC(=O)c2c(-c3ccc(C)cc3)nnc3ccccc23)c1. The average Bonchev–Trinajstić information content (AvgIpc) is 2.73. The van der Waals surface area contributed by atoms with Crippen LogP contribution in [-0.2, 0) is 6.42 Å². The van der Waals surface area contributed by atoms with Crippen molar-refractivity contribution in [3.63, 3.8) is 0 Å². The number of hydrogen-bond acceptors (Lipinski definition) is 3. The summed E-state index contributed by atoms with van der Waals surface area (Å²) >= 11 is 0. The van der Waals surface area contributed by atoms with Crippen molar-refractivity contribution >= 4 is 22.5 Å². The van der Waals surface area contributed by atoms with E-state index in [0.29, 0.717) is 16.8 Å². The summed E-state index contributed by atoms with van der Waals surface area (Å²) in [5, 5.41) is 12.5. The quantitative estimate of drug-likeness (QED) is 0.524. The molecule has 0 aliphatic rings. The van der Waals surface area contributed by atoms with E-state index in [0.717, 1.165) is 28.6 Å². The molecule has 1 N–H and O–H groups in total. The van der Waals surface area contributed by atoms with Crippen LogP contribution in [-0.4, -0.2) is 16.1 Å². The lowest BCUT2D eigenvalue weighted by molar-refractivity contribution is 0.102. The highest BCUT2D eigenvalue weighted by Gasteiger charge is 2.19. The molecule has 0 aliphatic carbocycles. The summed E-state index contributed by atoms with van der Waals surface area (Å²) in [7, 11) is 0. The number of anilines is 1. The highest BCUT2D eigenvalue weighted by Crippen LogP contribution is 2.28. The van der Waals surface area contributed by atoms with E-state index in [1.54, 1.807) is 0 Å². The molecular weight excluding hydrogens is 346 g/mol. The highest BCUT2D eigenvalue weighted by molar-refractivity contribution is 6.15. The Balaban J connectivity index is 1.84. The van der Waals surface area contributed by atoms with Gasteiger partial charge in [-0.15, -0.1) is 10.2 Å². The van der Waals surface area contributed by atoms with Gasteiger partial charge in [0.2, 0.25) is 0 Å². The van der Waals surface area contributed by atoms with Gasteiger partial charge >= 0.3 is 0 Å². The summed E-state index contributed by atoms with van der Waals surface area (Å²) in [5.41, 5.74) is 5.80. The van der Waals surface area contributed by atoms with Gasteiger partial charge in [-0.3, -0.25) is 4.79 Å². The van der Waals surface area contributed by atoms with Crippen LogP contribution in [0, 0.1) is 6.92 Å². The first-order valence-electron chi connectivity index (χ1n) is 9.38. The molecule has 3 aromatic carbocycles. The molecule has 4 heteroatoms. The fourth-order valence-electron chi connectivity index (χ4n) is 3.26. The second-order valence-electron chi connectivity index (χ2n) is 6.81. The van der Waals surface area contributed by atoms with E-state index in [4.69, 9.17) is 0 Å². The smallest absolute Gasteiger partial charge is 0.258 e. The van der Waals surface area contributed by atoms with Gasteiger partial charge in [-0.25, -0.2) is 0 Å². The predicted molar refractivity (Wildman–Crippen MR) is 113 cm³/mol. The summed E-state index contributed by atoms with van der Waals surface area (Å²) in [6.45, 7) is 4.13. The largest absolute Gasteiger partial charge is 0.322 e. The normalized spacial score (nSPS) is 10.8. The Morgan fingerprint density at radius 3 is 2.50 bits per heavy atom. The van der Waals surface area contributed by atoms with Gasteiger partial charge in [-0.2, -0.15) is 0 Å². The van der Waals surface area contributed by atoms with Gasteiger partial charge in [0.25, 0.3) is 5.91 Å². The molecule has 4 rings (SSSR count). The minimum atomic E-state index is -0.185. The Hall–Kier alpha value is -3.53. The van der Waals surface area contributed by atoms with Crippen molar-refractivity contribution in [2.75, 3.05) is 5.32 Å². The van der Waals surface area contributed by atoms with E-state index in [1.165, 1.54) is 5.56 Å². The molecule has 0 unspecified atom stereocenters. The molecule has 0 saturated heterocycles. The molecule has 4 nitrogen and oxygen atoms in total. The van der Waals surface area contributed by atoms with Gasteiger partial charge in [-0.05, 0) is 37.1 Å². The van der Waals surface area contributed by atoms with E-state index >= 15 is 0 Å². The second kappa shape index (κ2) is 7.61. The number of hydrogen-bond donors (Lipinski definition) is 1. The minimum absolute atomic E-state index is 0.185. The zero-order valence-electron chi connectivity index (χ0n) is 15.9. The van der Waals surface area contributed by atoms with Gasteiger partial charge in [0.05, 0.1) is 11.1 Å². The van der Waals surface area contributed by atoms with Crippen molar-refractivity contribution in [1.82, 2.24) is 10.2 Å². The van der Waals surface area contributed by atoms with Crippen molar-refractivity contribution in [2.24, 2.45) is 0 Å². The Morgan fingerprint density at radius 1 is 0.929 bits per heavy atom. The van der Waals surface area contributed by atoms with E-state index < -0.39 is 0 Å². The molecule has 1 amide bonds. The van der Waals surface area contributed by atoms with Crippen molar-refractivity contribution in [2.45, 2.75) is 20.3 Å². The fraction of sp³-hybridized carbons (Fsp3) is 0.125. The summed E-state index contributed by atoms with van der Waals surface area (Å²) in [6.07, 6.45) is 0.915. The molecule has 1 heterocycles. The topological polar surface area (TPSA) is 54.9 Å². The molecule has 0 bridgehead atoms. The third kappa shape index (κ3) is 3.49. The van der Waals surface area contributed by atoms with Crippen LogP contribution in [0.3, 0.4) is 0 Å². The number of rotatable bonds is 4. The predicted octanol–water partition coefficient (Wildman–Crippen LogP) is 5.42. The van der Waals surface area contributed by atoms with E-state index in [-0.39, 0.29) is 5.91 Å². The number of fused-ring (bicyclic) bond motifs is 1. The van der Waals surface area contributed by atoms with Crippen LogP contribution >= 0.6 is 0 Å². The Bertz CT molecular complexity index is 1150. The maximum absolute atomic E-state index is 13.3. The molecular formula is C24H21N3O. The van der Waals surface area contributed by atoms with Gasteiger partial charge in [-0.1, -0.05) is 67.1 Å². The van der Waals surface area contributed by atoms with Crippen molar-refractivity contribution in [3.05, 3.63) is 89.5 Å². The molecule has 0 saturated carbocycles. The number of carbonyl (C=O) groups is 1. The standard InChI is InChI=1S/C24H21N3O/c1-3-17-7-6-8-19(15-17)25-24(28)22-20-9-4-5-10-21(20)26-27-23(22)18-13-11-16(2)12-14-18/h4-15H,3H2,1-2H3,(H,25,28). The fourth-order valence-corrected chi connectivity index (χ4v) is 3.26. The molecule has 4 aromatic rings. The lowest BCUT2D eigenvalue weighted by Crippen LogP contribution is -2.15. The van der Waals surface area contributed by atoms with Gasteiger partial charge in [0.1, 0.15) is 5.69 Å². The first-order valence-corrected chi connectivity index (χ1v) is 9.38. The number of aromatic nitrogens is 2. The zero-order chi connectivity index (χ0) is 19.5. The van der Waals surface area contributed by atoms with Crippen molar-refractivity contribution < 1.29 is 4.79 Å². The van der Waals surface area contributed by atoms with Gasteiger partial charge in [0, 0.05) is 16.6 Å². The van der Waals surface area contributed by atoms with Crippen LogP contribution in [0.25, 0.3) is 22.2 Å². The number of benzene rings is 3. The molecule has 0 fully saturated rings. The second-order valence-corrected chi connectivity index (χ2v) is 6.81. The van der Waals surface area contributed by atoms with Gasteiger partial charge in [0.15, 0.2) is 0 Å². The molecule has 1 aromatic heterocycles. The first-order chi connectivity index (χ1) is 13.7. The third-order valence-electron chi connectivity index (χ3n) is 4.81. The summed E-state index contributed by atoms with van der Waals surface area (Å²) < 4.78 is 0. The van der Waals surface area contributed by atoms with Crippen molar-refractivity contribution in [3.8, 4) is 11.3 Å². The van der Waals surface area contributed by atoms with Crippen LogP contribution < -0.4 is 5.32 Å². The van der Waals surface area contributed by atoms with E-state index in [2.05, 4.69) is 28.5 Å². The maximum atomic E-state index is 13.3. The van der Waals surface area contributed by atoms with Crippen LogP contribution in [0.15, 0.2) is 72.8 Å². The highest BCUT2D eigenvalue weighted by atomic mass is 16.1. The molecule has 138 valence electrons. The van der Waals surface area contributed by atoms with Crippen LogP contribution in [0.4, 0.5) is 5.69 Å². The Labute approximate surface area is 164 Å². The zero-order valence-corrected chi connectivity index (χ0v) is 15.9. The average molecular weight is 367 g/mol. The summed E-state index contributed by atoms with van der Waals surface area (Å²) in [6, 6.07) is 23.5. The van der Waals surface area contributed by atoms with E-state index in [9.17, 15) is 4.79 Å². The van der Waals surface area contributed by atoms with Gasteiger partial charge < -0.3 is 5.32 Å². The molecule has 0 spiro atoms. The molecule has 0 atom stereocenters.